The van der Waals surface area contributed by atoms with Gasteiger partial charge in [0.25, 0.3) is 0 Å². The van der Waals surface area contributed by atoms with E-state index < -0.39 is 23.6 Å². The molecule has 0 aliphatic heterocycles. The first-order chi connectivity index (χ1) is 15.9. The van der Waals surface area contributed by atoms with Crippen LogP contribution < -0.4 is 11.1 Å². The lowest BCUT2D eigenvalue weighted by Crippen LogP contribution is -2.61. The summed E-state index contributed by atoms with van der Waals surface area (Å²) in [5, 5.41) is 12.2. The number of alkyl carbamates (subject to hydrolysis) is 1. The highest BCUT2D eigenvalue weighted by Gasteiger charge is 2.49. The van der Waals surface area contributed by atoms with Crippen LogP contribution in [0.2, 0.25) is 0 Å². The Morgan fingerprint density at radius 2 is 1.64 bits per heavy atom. The van der Waals surface area contributed by atoms with Crippen LogP contribution in [-0.4, -0.2) is 48.4 Å². The smallest absolute Gasteiger partial charge is 0.408 e. The molecule has 4 N–H and O–H groups in total. The third kappa shape index (κ3) is 5.06. The number of carboxylic acids is 1. The van der Waals surface area contributed by atoms with Crippen molar-refractivity contribution in [3.63, 3.8) is 0 Å². The SMILES string of the molecule is C=CCOC(=O)N[C@@](CCCCN)(C(=O)O)C(=O)OCC1c2ccccc2-c2ccccc21. The van der Waals surface area contributed by atoms with Crippen LogP contribution in [0, 0.1) is 0 Å². The lowest BCUT2D eigenvalue weighted by Gasteiger charge is -2.28. The van der Waals surface area contributed by atoms with Crippen LogP contribution in [-0.2, 0) is 19.1 Å². The summed E-state index contributed by atoms with van der Waals surface area (Å²) < 4.78 is 10.4. The van der Waals surface area contributed by atoms with Crippen molar-refractivity contribution in [3.8, 4) is 11.1 Å². The van der Waals surface area contributed by atoms with Crippen LogP contribution in [0.3, 0.4) is 0 Å². The molecule has 0 unspecified atom stereocenters. The second-order valence-electron chi connectivity index (χ2n) is 7.79. The van der Waals surface area contributed by atoms with Crippen LogP contribution in [0.5, 0.6) is 0 Å². The number of carbonyl (C=O) groups is 3. The molecule has 3 rings (SSSR count). The van der Waals surface area contributed by atoms with E-state index in [4.69, 9.17) is 15.2 Å². The van der Waals surface area contributed by atoms with Gasteiger partial charge in [0.2, 0.25) is 5.54 Å². The average Bonchev–Trinajstić information content (AvgIpc) is 3.14. The summed E-state index contributed by atoms with van der Waals surface area (Å²) in [6.07, 6.45) is 0.894. The van der Waals surface area contributed by atoms with Gasteiger partial charge in [0, 0.05) is 5.92 Å². The number of benzene rings is 2. The molecule has 0 saturated heterocycles. The lowest BCUT2D eigenvalue weighted by molar-refractivity contribution is -0.163. The van der Waals surface area contributed by atoms with Gasteiger partial charge in [-0.05, 0) is 48.1 Å². The fourth-order valence-corrected chi connectivity index (χ4v) is 4.06. The van der Waals surface area contributed by atoms with Gasteiger partial charge in [-0.3, -0.25) is 5.32 Å². The Morgan fingerprint density at radius 1 is 1.03 bits per heavy atom. The number of nitrogens with two attached hydrogens (primary N) is 1. The first-order valence-electron chi connectivity index (χ1n) is 10.8. The number of aliphatic carboxylic acids is 1. The fraction of sp³-hybridized carbons (Fsp3) is 0.320. The zero-order chi connectivity index (χ0) is 23.8. The minimum Gasteiger partial charge on any atom is -0.479 e. The summed E-state index contributed by atoms with van der Waals surface area (Å²) in [6, 6.07) is 15.6. The summed E-state index contributed by atoms with van der Waals surface area (Å²) in [5.41, 5.74) is 7.32. The first kappa shape index (κ1) is 24.0. The minimum absolute atomic E-state index is 0.0673. The van der Waals surface area contributed by atoms with Gasteiger partial charge >= 0.3 is 18.0 Å². The molecule has 0 bridgehead atoms. The Balaban J connectivity index is 1.83. The third-order valence-corrected chi connectivity index (χ3v) is 5.71. The Kier molecular flexibility index (Phi) is 7.84. The number of nitrogens with one attached hydrogen (secondary N) is 1. The van der Waals surface area contributed by atoms with E-state index >= 15 is 0 Å². The molecule has 0 spiro atoms. The molecular formula is C25H28N2O6. The highest BCUT2D eigenvalue weighted by atomic mass is 16.6. The van der Waals surface area contributed by atoms with E-state index in [1.807, 2.05) is 48.5 Å². The van der Waals surface area contributed by atoms with Crippen molar-refractivity contribution < 1.29 is 29.0 Å². The van der Waals surface area contributed by atoms with Crippen molar-refractivity contribution in [1.29, 1.82) is 0 Å². The standard InChI is InChI=1S/C25H28N2O6/c1-2-15-32-24(31)27-25(22(28)29,13-7-8-14-26)23(30)33-16-21-19-11-5-3-9-17(19)18-10-4-6-12-20(18)21/h2-6,9-12,21H,1,7-8,13-16,26H2,(H,27,31)(H,28,29)/t25-/m0/s1. The molecule has 2 aromatic carbocycles. The number of hydrogen-bond donors (Lipinski definition) is 3. The normalized spacial score (nSPS) is 13.8. The zero-order valence-electron chi connectivity index (χ0n) is 18.3. The molecule has 8 nitrogen and oxygen atoms in total. The number of fused-ring (bicyclic) bond motifs is 3. The summed E-state index contributed by atoms with van der Waals surface area (Å²) in [7, 11) is 0. The highest BCUT2D eigenvalue weighted by molar-refractivity contribution is 6.06. The highest BCUT2D eigenvalue weighted by Crippen LogP contribution is 2.44. The molecule has 8 heteroatoms. The predicted molar refractivity (Wildman–Crippen MR) is 123 cm³/mol. The van der Waals surface area contributed by atoms with Gasteiger partial charge in [0.1, 0.15) is 13.2 Å². The van der Waals surface area contributed by atoms with Crippen molar-refractivity contribution >= 4 is 18.0 Å². The lowest BCUT2D eigenvalue weighted by atomic mass is 9.92. The summed E-state index contributed by atoms with van der Waals surface area (Å²) >= 11 is 0. The Morgan fingerprint density at radius 3 is 2.18 bits per heavy atom. The van der Waals surface area contributed by atoms with Crippen molar-refractivity contribution in [3.05, 3.63) is 72.3 Å². The van der Waals surface area contributed by atoms with Crippen LogP contribution in [0.4, 0.5) is 4.79 Å². The van der Waals surface area contributed by atoms with E-state index in [0.717, 1.165) is 22.3 Å². The van der Waals surface area contributed by atoms with Crippen LogP contribution in [0.25, 0.3) is 11.1 Å². The summed E-state index contributed by atoms with van der Waals surface area (Å²) in [5.74, 6) is -2.82. The largest absolute Gasteiger partial charge is 0.479 e. The van der Waals surface area contributed by atoms with E-state index in [1.165, 1.54) is 6.08 Å². The molecule has 1 aliphatic carbocycles. The van der Waals surface area contributed by atoms with Crippen LogP contribution in [0.15, 0.2) is 61.2 Å². The van der Waals surface area contributed by atoms with Gasteiger partial charge in [-0.25, -0.2) is 14.4 Å². The molecule has 0 aromatic heterocycles. The van der Waals surface area contributed by atoms with E-state index in [0.29, 0.717) is 19.4 Å². The van der Waals surface area contributed by atoms with Crippen LogP contribution in [0.1, 0.15) is 36.3 Å². The van der Waals surface area contributed by atoms with E-state index in [-0.39, 0.29) is 25.6 Å². The fourth-order valence-electron chi connectivity index (χ4n) is 4.06. The number of rotatable bonds is 11. The van der Waals surface area contributed by atoms with Crippen molar-refractivity contribution in [2.24, 2.45) is 5.73 Å². The Bertz CT molecular complexity index is 992. The van der Waals surface area contributed by atoms with Gasteiger partial charge in [-0.1, -0.05) is 61.2 Å². The second-order valence-corrected chi connectivity index (χ2v) is 7.79. The van der Waals surface area contributed by atoms with Crippen molar-refractivity contribution in [2.45, 2.75) is 30.7 Å². The topological polar surface area (TPSA) is 128 Å². The molecule has 174 valence electrons. The zero-order valence-corrected chi connectivity index (χ0v) is 18.3. The maximum Gasteiger partial charge on any atom is 0.408 e. The number of unbranched alkanes of at least 4 members (excludes halogenated alkanes) is 1. The predicted octanol–water partition coefficient (Wildman–Crippen LogP) is 3.21. The van der Waals surface area contributed by atoms with Gasteiger partial charge in [0.05, 0.1) is 0 Å². The van der Waals surface area contributed by atoms with Crippen molar-refractivity contribution in [1.82, 2.24) is 5.32 Å². The van der Waals surface area contributed by atoms with Gasteiger partial charge in [0.15, 0.2) is 0 Å². The maximum absolute atomic E-state index is 13.2. The molecule has 0 saturated carbocycles. The molecule has 2 aromatic rings. The van der Waals surface area contributed by atoms with Crippen molar-refractivity contribution in [2.75, 3.05) is 19.8 Å². The number of ether oxygens (including phenoxy) is 2. The monoisotopic (exact) mass is 452 g/mol. The number of esters is 1. The summed E-state index contributed by atoms with van der Waals surface area (Å²) in [6.45, 7) is 3.57. The Labute approximate surface area is 192 Å². The Hall–Kier alpha value is -3.65. The molecule has 0 heterocycles. The van der Waals surface area contributed by atoms with Gasteiger partial charge in [-0.15, -0.1) is 0 Å². The molecule has 1 aliphatic rings. The van der Waals surface area contributed by atoms with Crippen LogP contribution >= 0.6 is 0 Å². The van der Waals surface area contributed by atoms with Gasteiger partial charge < -0.3 is 20.3 Å². The number of carbonyl (C=O) groups excluding carboxylic acids is 2. The molecule has 33 heavy (non-hydrogen) atoms. The average molecular weight is 453 g/mol. The van der Waals surface area contributed by atoms with E-state index in [2.05, 4.69) is 11.9 Å². The van der Waals surface area contributed by atoms with E-state index in [1.54, 1.807) is 0 Å². The molecule has 0 fully saturated rings. The molecule has 1 atom stereocenters. The first-order valence-corrected chi connectivity index (χ1v) is 10.8. The molecular weight excluding hydrogens is 424 g/mol. The molecule has 0 radical (unpaired) electrons. The third-order valence-electron chi connectivity index (χ3n) is 5.71. The molecule has 1 amide bonds. The number of hydrogen-bond acceptors (Lipinski definition) is 6. The number of amides is 1. The minimum atomic E-state index is -2.29. The maximum atomic E-state index is 13.2. The van der Waals surface area contributed by atoms with E-state index in [9.17, 15) is 19.5 Å². The quantitative estimate of drug-likeness (QED) is 0.207. The van der Waals surface area contributed by atoms with Gasteiger partial charge in [-0.2, -0.15) is 0 Å². The summed E-state index contributed by atoms with van der Waals surface area (Å²) in [4.78, 5) is 37.6. The number of carboxylic acid groups (broad SMARTS) is 1. The second kappa shape index (κ2) is 10.8.